The van der Waals surface area contributed by atoms with E-state index in [1.807, 2.05) is 38.1 Å². The van der Waals surface area contributed by atoms with Crippen LogP contribution in [0.3, 0.4) is 0 Å². The Hall–Kier alpha value is -1.92. The van der Waals surface area contributed by atoms with Crippen molar-refractivity contribution in [2.45, 2.75) is 32.8 Å². The summed E-state index contributed by atoms with van der Waals surface area (Å²) in [4.78, 5) is 19.7. The summed E-state index contributed by atoms with van der Waals surface area (Å²) in [5.41, 5.74) is 1.72. The van der Waals surface area contributed by atoms with Crippen LogP contribution in [0.2, 0.25) is 0 Å². The zero-order valence-electron chi connectivity index (χ0n) is 14.0. The van der Waals surface area contributed by atoms with Gasteiger partial charge in [0, 0.05) is 18.7 Å². The number of thiazole rings is 1. The highest BCUT2D eigenvalue weighted by molar-refractivity contribution is 7.17. The highest BCUT2D eigenvalue weighted by Gasteiger charge is 2.26. The number of nitrogens with zero attached hydrogens (tertiary/aromatic N) is 2. The second kappa shape index (κ2) is 7.32. The van der Waals surface area contributed by atoms with E-state index in [0.717, 1.165) is 34.9 Å². The Morgan fingerprint density at radius 1 is 1.42 bits per heavy atom. The summed E-state index contributed by atoms with van der Waals surface area (Å²) in [6, 6.07) is 7.75. The molecule has 1 amide bonds. The molecular weight excluding hydrogens is 324 g/mol. The molecule has 0 saturated carbocycles. The van der Waals surface area contributed by atoms with Gasteiger partial charge in [-0.2, -0.15) is 0 Å². The highest BCUT2D eigenvalue weighted by Crippen LogP contribution is 2.30. The molecule has 128 valence electrons. The summed E-state index contributed by atoms with van der Waals surface area (Å²) in [5, 5.41) is 10.6. The minimum absolute atomic E-state index is 0.0269. The predicted molar refractivity (Wildman–Crippen MR) is 94.6 cm³/mol. The van der Waals surface area contributed by atoms with Gasteiger partial charge in [-0.15, -0.1) is 11.3 Å². The first-order chi connectivity index (χ1) is 11.6. The molecule has 5 nitrogen and oxygen atoms in total. The molecular formula is C18H22N2O3S. The van der Waals surface area contributed by atoms with Crippen molar-refractivity contribution in [1.29, 1.82) is 0 Å². The van der Waals surface area contributed by atoms with E-state index in [9.17, 15) is 9.90 Å². The van der Waals surface area contributed by atoms with Crippen LogP contribution in [0, 0.1) is 6.92 Å². The zero-order chi connectivity index (χ0) is 17.1. The lowest BCUT2D eigenvalue weighted by atomic mass is 10.1. The predicted octanol–water partition coefficient (Wildman–Crippen LogP) is 3.11. The van der Waals surface area contributed by atoms with Gasteiger partial charge in [0.15, 0.2) is 0 Å². The number of hydrogen-bond donors (Lipinski definition) is 1. The van der Waals surface area contributed by atoms with Gasteiger partial charge in [-0.05, 0) is 51.0 Å². The van der Waals surface area contributed by atoms with E-state index in [0.29, 0.717) is 24.6 Å². The Balaban J connectivity index is 1.80. The molecule has 1 saturated heterocycles. The lowest BCUT2D eigenvalue weighted by Crippen LogP contribution is -2.42. The quantitative estimate of drug-likeness (QED) is 0.924. The minimum atomic E-state index is -0.415. The molecule has 1 aromatic heterocycles. The van der Waals surface area contributed by atoms with E-state index in [2.05, 4.69) is 4.98 Å². The van der Waals surface area contributed by atoms with E-state index in [1.54, 1.807) is 4.90 Å². The zero-order valence-corrected chi connectivity index (χ0v) is 14.8. The van der Waals surface area contributed by atoms with E-state index in [-0.39, 0.29) is 5.91 Å². The maximum atomic E-state index is 12.7. The SMILES string of the molecule is CCOc1ccc(-c2nc(C)c(C(=O)N3CCCC(O)C3)s2)cc1. The monoisotopic (exact) mass is 346 g/mol. The lowest BCUT2D eigenvalue weighted by Gasteiger charge is -2.29. The third-order valence-corrected chi connectivity index (χ3v) is 5.28. The summed E-state index contributed by atoms with van der Waals surface area (Å²) in [7, 11) is 0. The molecule has 24 heavy (non-hydrogen) atoms. The Bertz CT molecular complexity index is 712. The standard InChI is InChI=1S/C18H22N2O3S/c1-3-23-15-8-6-13(7-9-15)17-19-12(2)16(24-17)18(22)20-10-4-5-14(21)11-20/h6-9,14,21H,3-5,10-11H2,1-2H3. The minimum Gasteiger partial charge on any atom is -0.494 e. The maximum absolute atomic E-state index is 12.7. The molecule has 1 N–H and O–H groups in total. The van der Waals surface area contributed by atoms with Gasteiger partial charge in [0.2, 0.25) is 0 Å². The summed E-state index contributed by atoms with van der Waals surface area (Å²) in [5.74, 6) is 0.800. The second-order valence-electron chi connectivity index (χ2n) is 5.94. The van der Waals surface area contributed by atoms with Crippen LogP contribution in [-0.4, -0.2) is 46.7 Å². The summed E-state index contributed by atoms with van der Waals surface area (Å²) in [6.07, 6.45) is 1.20. The molecule has 1 atom stereocenters. The number of hydrogen-bond acceptors (Lipinski definition) is 5. The van der Waals surface area contributed by atoms with Crippen LogP contribution in [0.4, 0.5) is 0 Å². The number of aromatic nitrogens is 1. The van der Waals surface area contributed by atoms with Crippen molar-refractivity contribution in [1.82, 2.24) is 9.88 Å². The fraction of sp³-hybridized carbons (Fsp3) is 0.444. The van der Waals surface area contributed by atoms with Crippen molar-refractivity contribution in [3.63, 3.8) is 0 Å². The normalized spacial score (nSPS) is 17.8. The number of amides is 1. The number of piperidine rings is 1. The first-order valence-corrected chi connectivity index (χ1v) is 9.08. The Labute approximate surface area is 145 Å². The average molecular weight is 346 g/mol. The lowest BCUT2D eigenvalue weighted by molar-refractivity contribution is 0.0477. The van der Waals surface area contributed by atoms with E-state index in [1.165, 1.54) is 11.3 Å². The van der Waals surface area contributed by atoms with Crippen molar-refractivity contribution in [2.75, 3.05) is 19.7 Å². The molecule has 0 aliphatic carbocycles. The Morgan fingerprint density at radius 3 is 2.83 bits per heavy atom. The van der Waals surface area contributed by atoms with Crippen molar-refractivity contribution < 1.29 is 14.6 Å². The maximum Gasteiger partial charge on any atom is 0.265 e. The number of rotatable bonds is 4. The van der Waals surface area contributed by atoms with Crippen LogP contribution in [0.15, 0.2) is 24.3 Å². The van der Waals surface area contributed by atoms with Crippen molar-refractivity contribution in [2.24, 2.45) is 0 Å². The molecule has 0 spiro atoms. The third-order valence-electron chi connectivity index (χ3n) is 4.09. The van der Waals surface area contributed by atoms with Gasteiger partial charge >= 0.3 is 0 Å². The molecule has 0 bridgehead atoms. The van der Waals surface area contributed by atoms with Gasteiger partial charge in [-0.1, -0.05) is 0 Å². The average Bonchev–Trinajstić information content (AvgIpc) is 2.97. The number of β-amino-alcohol motifs (C(OH)–C–C–N with tert-alkyl or cyclic N) is 1. The summed E-state index contributed by atoms with van der Waals surface area (Å²) < 4.78 is 5.45. The number of aliphatic hydroxyl groups excluding tert-OH is 1. The van der Waals surface area contributed by atoms with Gasteiger partial charge in [0.1, 0.15) is 15.6 Å². The van der Waals surface area contributed by atoms with Crippen LogP contribution >= 0.6 is 11.3 Å². The number of ether oxygens (including phenoxy) is 1. The molecule has 1 aromatic carbocycles. The van der Waals surface area contributed by atoms with Crippen LogP contribution in [0.5, 0.6) is 5.75 Å². The van der Waals surface area contributed by atoms with Gasteiger partial charge in [-0.25, -0.2) is 4.98 Å². The second-order valence-corrected chi connectivity index (χ2v) is 6.94. The number of aliphatic hydroxyl groups is 1. The van der Waals surface area contributed by atoms with Crippen molar-refractivity contribution in [3.05, 3.63) is 34.8 Å². The van der Waals surface area contributed by atoms with Gasteiger partial charge in [0.25, 0.3) is 5.91 Å². The summed E-state index contributed by atoms with van der Waals surface area (Å²) >= 11 is 1.41. The van der Waals surface area contributed by atoms with Crippen LogP contribution in [0.25, 0.3) is 10.6 Å². The fourth-order valence-corrected chi connectivity index (χ4v) is 3.90. The number of carbonyl (C=O) groups is 1. The van der Waals surface area contributed by atoms with Crippen molar-refractivity contribution >= 4 is 17.2 Å². The van der Waals surface area contributed by atoms with E-state index >= 15 is 0 Å². The molecule has 1 aliphatic rings. The van der Waals surface area contributed by atoms with Gasteiger partial charge in [-0.3, -0.25) is 4.79 Å². The molecule has 0 radical (unpaired) electrons. The Morgan fingerprint density at radius 2 is 2.17 bits per heavy atom. The molecule has 1 aliphatic heterocycles. The fourth-order valence-electron chi connectivity index (χ4n) is 2.86. The Kier molecular flexibility index (Phi) is 5.16. The summed E-state index contributed by atoms with van der Waals surface area (Å²) in [6.45, 7) is 5.56. The largest absolute Gasteiger partial charge is 0.494 e. The van der Waals surface area contributed by atoms with Crippen LogP contribution < -0.4 is 4.74 Å². The van der Waals surface area contributed by atoms with Crippen molar-refractivity contribution in [3.8, 4) is 16.3 Å². The first kappa shape index (κ1) is 16.9. The molecule has 1 fully saturated rings. The molecule has 2 heterocycles. The van der Waals surface area contributed by atoms with Crippen LogP contribution in [0.1, 0.15) is 35.1 Å². The van der Waals surface area contributed by atoms with E-state index < -0.39 is 6.10 Å². The molecule has 3 rings (SSSR count). The molecule has 6 heteroatoms. The number of benzene rings is 1. The highest BCUT2D eigenvalue weighted by atomic mass is 32.1. The molecule has 2 aromatic rings. The topological polar surface area (TPSA) is 62.7 Å². The van der Waals surface area contributed by atoms with Gasteiger partial charge in [0.05, 0.1) is 18.4 Å². The smallest absolute Gasteiger partial charge is 0.265 e. The first-order valence-electron chi connectivity index (χ1n) is 8.26. The number of aryl methyl sites for hydroxylation is 1. The number of carbonyl (C=O) groups excluding carboxylic acids is 1. The third kappa shape index (κ3) is 3.60. The van der Waals surface area contributed by atoms with Crippen LogP contribution in [-0.2, 0) is 0 Å². The van der Waals surface area contributed by atoms with E-state index in [4.69, 9.17) is 4.74 Å². The number of likely N-dealkylation sites (tertiary alicyclic amines) is 1. The van der Waals surface area contributed by atoms with Gasteiger partial charge < -0.3 is 14.7 Å². The molecule has 1 unspecified atom stereocenters.